The van der Waals surface area contributed by atoms with Crippen LogP contribution in [0.15, 0.2) is 53.9 Å². The molecule has 0 atom stereocenters. The van der Waals surface area contributed by atoms with E-state index in [9.17, 15) is 4.39 Å². The fraction of sp³-hybridized carbons (Fsp3) is 0.250. The second-order valence-corrected chi connectivity index (χ2v) is 6.69. The minimum Gasteiger partial charge on any atom is -0.332 e. The summed E-state index contributed by atoms with van der Waals surface area (Å²) >= 11 is 1.52. The summed E-state index contributed by atoms with van der Waals surface area (Å²) in [7, 11) is 0. The first kappa shape index (κ1) is 16.7. The van der Waals surface area contributed by atoms with Crippen molar-refractivity contribution in [1.82, 2.24) is 4.98 Å². The quantitative estimate of drug-likeness (QED) is 0.502. The van der Waals surface area contributed by atoms with Crippen molar-refractivity contribution >= 4 is 22.2 Å². The Morgan fingerprint density at radius 2 is 1.92 bits per heavy atom. The summed E-state index contributed by atoms with van der Waals surface area (Å²) in [6, 6.07) is 15.0. The van der Waals surface area contributed by atoms with Gasteiger partial charge in [0.25, 0.3) is 0 Å². The average Bonchev–Trinajstić information content (AvgIpc) is 3.05. The summed E-state index contributed by atoms with van der Waals surface area (Å²) in [5, 5.41) is 6.07. The number of nitrogens with zero attached hydrogens (tertiary/aromatic N) is 1. The molecule has 4 heteroatoms. The van der Waals surface area contributed by atoms with E-state index in [4.69, 9.17) is 0 Å². The van der Waals surface area contributed by atoms with Crippen LogP contribution >= 0.6 is 11.3 Å². The van der Waals surface area contributed by atoms with Gasteiger partial charge in [-0.05, 0) is 42.7 Å². The van der Waals surface area contributed by atoms with Crippen LogP contribution < -0.4 is 5.32 Å². The van der Waals surface area contributed by atoms with Crippen molar-refractivity contribution in [2.45, 2.75) is 32.6 Å². The highest BCUT2D eigenvalue weighted by Crippen LogP contribution is 2.27. The molecule has 0 amide bonds. The van der Waals surface area contributed by atoms with Gasteiger partial charge in [-0.3, -0.25) is 0 Å². The number of unbranched alkanes of at least 4 members (excludes halogenated alkanes) is 2. The van der Waals surface area contributed by atoms with Gasteiger partial charge in [0.15, 0.2) is 5.13 Å². The Kier molecular flexibility index (Phi) is 5.59. The molecule has 124 valence electrons. The first-order chi connectivity index (χ1) is 11.7. The van der Waals surface area contributed by atoms with E-state index in [0.29, 0.717) is 0 Å². The van der Waals surface area contributed by atoms with Gasteiger partial charge in [0.05, 0.1) is 5.69 Å². The van der Waals surface area contributed by atoms with Crippen LogP contribution in [0.5, 0.6) is 0 Å². The largest absolute Gasteiger partial charge is 0.332 e. The third-order valence-corrected chi connectivity index (χ3v) is 4.66. The molecule has 0 aliphatic heterocycles. The van der Waals surface area contributed by atoms with Gasteiger partial charge in [0.2, 0.25) is 0 Å². The molecular weight excluding hydrogens is 319 g/mol. The number of benzene rings is 2. The van der Waals surface area contributed by atoms with E-state index in [-0.39, 0.29) is 5.82 Å². The van der Waals surface area contributed by atoms with E-state index in [2.05, 4.69) is 41.5 Å². The lowest BCUT2D eigenvalue weighted by atomic mass is 10.1. The molecule has 2 nitrogen and oxygen atoms in total. The zero-order valence-electron chi connectivity index (χ0n) is 13.8. The Bertz CT molecular complexity index is 780. The molecular formula is C20H21FN2S. The maximum atomic E-state index is 13.3. The van der Waals surface area contributed by atoms with Gasteiger partial charge in [-0.2, -0.15) is 0 Å². The molecule has 1 heterocycles. The molecule has 0 aliphatic carbocycles. The fourth-order valence-corrected chi connectivity index (χ4v) is 3.31. The second kappa shape index (κ2) is 8.06. The van der Waals surface area contributed by atoms with Crippen molar-refractivity contribution in [1.29, 1.82) is 0 Å². The highest BCUT2D eigenvalue weighted by molar-refractivity contribution is 7.14. The van der Waals surface area contributed by atoms with Gasteiger partial charge in [-0.25, -0.2) is 9.37 Å². The van der Waals surface area contributed by atoms with Crippen molar-refractivity contribution in [3.05, 3.63) is 65.3 Å². The van der Waals surface area contributed by atoms with Crippen LogP contribution in [0.3, 0.4) is 0 Å². The number of hydrogen-bond donors (Lipinski definition) is 1. The molecule has 0 unspecified atom stereocenters. The first-order valence-electron chi connectivity index (χ1n) is 8.32. The molecule has 0 radical (unpaired) electrons. The molecule has 0 aliphatic rings. The number of aromatic nitrogens is 1. The lowest BCUT2D eigenvalue weighted by Gasteiger charge is -2.05. The molecule has 0 fully saturated rings. The Labute approximate surface area is 146 Å². The second-order valence-electron chi connectivity index (χ2n) is 5.83. The van der Waals surface area contributed by atoms with Gasteiger partial charge < -0.3 is 5.32 Å². The Balaban J connectivity index is 1.64. The van der Waals surface area contributed by atoms with Crippen LogP contribution in [0.4, 0.5) is 15.2 Å². The summed E-state index contributed by atoms with van der Waals surface area (Å²) in [4.78, 5) is 4.54. The molecule has 3 aromatic rings. The maximum Gasteiger partial charge on any atom is 0.187 e. The molecule has 0 saturated heterocycles. The maximum absolute atomic E-state index is 13.3. The number of hydrogen-bond acceptors (Lipinski definition) is 3. The van der Waals surface area contributed by atoms with E-state index in [1.165, 1.54) is 48.3 Å². The van der Waals surface area contributed by atoms with Crippen LogP contribution in [-0.2, 0) is 6.42 Å². The van der Waals surface area contributed by atoms with E-state index < -0.39 is 0 Å². The number of rotatable bonds is 7. The minimum atomic E-state index is -0.242. The Morgan fingerprint density at radius 3 is 2.67 bits per heavy atom. The summed E-state index contributed by atoms with van der Waals surface area (Å²) in [6.07, 6.45) is 4.90. The molecule has 2 aromatic carbocycles. The standard InChI is InChI=1S/C20H21FN2S/c1-2-3-4-6-15-9-11-18(12-10-15)22-20-23-19(14-24-20)16-7-5-8-17(21)13-16/h5,7-14H,2-4,6H2,1H3,(H,22,23). The lowest BCUT2D eigenvalue weighted by molar-refractivity contribution is 0.628. The highest BCUT2D eigenvalue weighted by Gasteiger charge is 2.06. The first-order valence-corrected chi connectivity index (χ1v) is 9.20. The highest BCUT2D eigenvalue weighted by atomic mass is 32.1. The van der Waals surface area contributed by atoms with Crippen LogP contribution in [-0.4, -0.2) is 4.98 Å². The third-order valence-electron chi connectivity index (χ3n) is 3.90. The van der Waals surface area contributed by atoms with Gasteiger partial charge in [-0.15, -0.1) is 11.3 Å². The van der Waals surface area contributed by atoms with E-state index in [1.807, 2.05) is 11.4 Å². The van der Waals surface area contributed by atoms with Gasteiger partial charge in [0, 0.05) is 16.6 Å². The molecule has 0 bridgehead atoms. The molecule has 1 N–H and O–H groups in total. The van der Waals surface area contributed by atoms with Crippen molar-refractivity contribution in [2.75, 3.05) is 5.32 Å². The average molecular weight is 340 g/mol. The lowest BCUT2D eigenvalue weighted by Crippen LogP contribution is -1.91. The minimum absolute atomic E-state index is 0.242. The fourth-order valence-electron chi connectivity index (χ4n) is 2.57. The normalized spacial score (nSPS) is 10.8. The van der Waals surface area contributed by atoms with E-state index in [1.54, 1.807) is 6.07 Å². The summed E-state index contributed by atoms with van der Waals surface area (Å²) in [5.74, 6) is -0.242. The van der Waals surface area contributed by atoms with Gasteiger partial charge in [-0.1, -0.05) is 44.0 Å². The molecule has 0 saturated carbocycles. The SMILES string of the molecule is CCCCCc1ccc(Nc2nc(-c3cccc(F)c3)cs2)cc1. The summed E-state index contributed by atoms with van der Waals surface area (Å²) < 4.78 is 13.3. The topological polar surface area (TPSA) is 24.9 Å². The number of aryl methyl sites for hydroxylation is 1. The smallest absolute Gasteiger partial charge is 0.187 e. The number of anilines is 2. The third kappa shape index (κ3) is 4.42. The van der Waals surface area contributed by atoms with Crippen LogP contribution in [0.1, 0.15) is 31.7 Å². The predicted octanol–water partition coefficient (Wildman–Crippen LogP) is 6.43. The zero-order chi connectivity index (χ0) is 16.8. The number of halogens is 1. The molecule has 24 heavy (non-hydrogen) atoms. The van der Waals surface area contributed by atoms with Crippen molar-refractivity contribution in [3.63, 3.8) is 0 Å². The van der Waals surface area contributed by atoms with Crippen LogP contribution in [0.25, 0.3) is 11.3 Å². The van der Waals surface area contributed by atoms with E-state index in [0.717, 1.165) is 28.5 Å². The van der Waals surface area contributed by atoms with Crippen LogP contribution in [0.2, 0.25) is 0 Å². The molecule has 0 spiro atoms. The Morgan fingerprint density at radius 1 is 1.08 bits per heavy atom. The monoisotopic (exact) mass is 340 g/mol. The van der Waals surface area contributed by atoms with Crippen LogP contribution in [0, 0.1) is 5.82 Å². The van der Waals surface area contributed by atoms with Gasteiger partial charge in [0.1, 0.15) is 5.82 Å². The predicted molar refractivity (Wildman–Crippen MR) is 100 cm³/mol. The van der Waals surface area contributed by atoms with E-state index >= 15 is 0 Å². The summed E-state index contributed by atoms with van der Waals surface area (Å²) in [6.45, 7) is 2.22. The van der Waals surface area contributed by atoms with Crippen molar-refractivity contribution in [3.8, 4) is 11.3 Å². The number of thiazole rings is 1. The summed E-state index contributed by atoms with van der Waals surface area (Å²) in [5.41, 5.74) is 3.98. The zero-order valence-corrected chi connectivity index (χ0v) is 14.6. The van der Waals surface area contributed by atoms with Crippen molar-refractivity contribution in [2.24, 2.45) is 0 Å². The Hall–Kier alpha value is -2.20. The molecule has 1 aromatic heterocycles. The van der Waals surface area contributed by atoms with Crippen molar-refractivity contribution < 1.29 is 4.39 Å². The van der Waals surface area contributed by atoms with Gasteiger partial charge >= 0.3 is 0 Å². The number of nitrogens with one attached hydrogen (secondary N) is 1. The molecule has 3 rings (SSSR count).